The summed E-state index contributed by atoms with van der Waals surface area (Å²) in [5.74, 6) is 0.393. The van der Waals surface area contributed by atoms with Crippen molar-refractivity contribution >= 4 is 11.8 Å². The molecule has 0 aromatic carbocycles. The zero-order chi connectivity index (χ0) is 27.2. The summed E-state index contributed by atoms with van der Waals surface area (Å²) < 4.78 is 0. The van der Waals surface area contributed by atoms with Crippen LogP contribution in [0.5, 0.6) is 0 Å². The standard InChI is InChI=1S/C33H60N2O2/c1-6-11-14-17-22-34-31(37)28(29-26-32(9-4)20-21-33(29,10-5)27-32)25-30(36)35(23-18-15-12-7-2)24-19-16-13-8-3/h20-21,28-29H,6-19,22-27H2,1-5H3,(H,34,37). The average Bonchev–Trinajstić information content (AvgIpc) is 3.45. The molecule has 0 aliphatic heterocycles. The lowest BCUT2D eigenvalue weighted by Gasteiger charge is -2.37. The van der Waals surface area contributed by atoms with Crippen LogP contribution in [-0.4, -0.2) is 36.3 Å². The molecule has 214 valence electrons. The highest BCUT2D eigenvalue weighted by Gasteiger charge is 2.57. The number of unbranched alkanes of at least 4 members (excludes halogenated alkanes) is 9. The highest BCUT2D eigenvalue weighted by Crippen LogP contribution is 2.65. The van der Waals surface area contributed by atoms with Crippen molar-refractivity contribution < 1.29 is 9.59 Å². The van der Waals surface area contributed by atoms with E-state index in [0.29, 0.717) is 6.42 Å². The lowest BCUT2D eigenvalue weighted by atomic mass is 9.68. The number of nitrogens with one attached hydrogen (secondary N) is 1. The second kappa shape index (κ2) is 16.6. The molecule has 4 heteroatoms. The van der Waals surface area contributed by atoms with Crippen LogP contribution in [0.2, 0.25) is 0 Å². The fourth-order valence-electron chi connectivity index (χ4n) is 7.04. The van der Waals surface area contributed by atoms with Crippen molar-refractivity contribution in [1.82, 2.24) is 10.2 Å². The molecule has 0 spiro atoms. The molecule has 0 aromatic heterocycles. The molecule has 0 radical (unpaired) electrons. The van der Waals surface area contributed by atoms with Crippen LogP contribution in [0, 0.1) is 22.7 Å². The first-order valence-electron chi connectivity index (χ1n) is 16.2. The number of carbonyl (C=O) groups excluding carboxylic acids is 2. The van der Waals surface area contributed by atoms with Gasteiger partial charge in [0.15, 0.2) is 0 Å². The maximum absolute atomic E-state index is 13.8. The van der Waals surface area contributed by atoms with Gasteiger partial charge in [-0.2, -0.15) is 0 Å². The predicted octanol–water partition coefficient (Wildman–Crippen LogP) is 8.45. The van der Waals surface area contributed by atoms with E-state index in [1.165, 1.54) is 51.4 Å². The van der Waals surface area contributed by atoms with Crippen molar-refractivity contribution in [1.29, 1.82) is 0 Å². The maximum atomic E-state index is 13.8. The van der Waals surface area contributed by atoms with Gasteiger partial charge in [0.1, 0.15) is 0 Å². The number of amides is 2. The monoisotopic (exact) mass is 516 g/mol. The highest BCUT2D eigenvalue weighted by molar-refractivity contribution is 5.86. The zero-order valence-electron chi connectivity index (χ0n) is 25.2. The van der Waals surface area contributed by atoms with Gasteiger partial charge in [-0.3, -0.25) is 9.59 Å². The van der Waals surface area contributed by atoms with Gasteiger partial charge in [0, 0.05) is 26.1 Å². The molecule has 0 heterocycles. The Hall–Kier alpha value is -1.32. The molecule has 2 amide bonds. The molecule has 2 aliphatic rings. The van der Waals surface area contributed by atoms with E-state index in [1.807, 2.05) is 0 Å². The molecule has 4 atom stereocenters. The maximum Gasteiger partial charge on any atom is 0.223 e. The fraction of sp³-hybridized carbons (Fsp3) is 0.879. The number of allylic oxidation sites excluding steroid dienone is 2. The van der Waals surface area contributed by atoms with Crippen molar-refractivity contribution in [2.75, 3.05) is 19.6 Å². The Balaban J connectivity index is 2.16. The van der Waals surface area contributed by atoms with Crippen molar-refractivity contribution in [2.24, 2.45) is 22.7 Å². The molecule has 2 bridgehead atoms. The first-order chi connectivity index (χ1) is 17.9. The van der Waals surface area contributed by atoms with E-state index in [2.05, 4.69) is 57.0 Å². The molecule has 0 saturated heterocycles. The van der Waals surface area contributed by atoms with Crippen LogP contribution in [0.25, 0.3) is 0 Å². The van der Waals surface area contributed by atoms with Gasteiger partial charge in [-0.05, 0) is 61.7 Å². The average molecular weight is 517 g/mol. The van der Waals surface area contributed by atoms with E-state index in [-0.39, 0.29) is 34.5 Å². The number of nitrogens with zero attached hydrogens (tertiary/aromatic N) is 1. The quantitative estimate of drug-likeness (QED) is 0.123. The minimum Gasteiger partial charge on any atom is -0.356 e. The van der Waals surface area contributed by atoms with Crippen LogP contribution in [0.15, 0.2) is 12.2 Å². The van der Waals surface area contributed by atoms with Gasteiger partial charge in [0.05, 0.1) is 5.92 Å². The lowest BCUT2D eigenvalue weighted by Crippen LogP contribution is -2.44. The van der Waals surface area contributed by atoms with Crippen molar-refractivity contribution in [2.45, 2.75) is 144 Å². The summed E-state index contributed by atoms with van der Waals surface area (Å²) in [6, 6.07) is 0. The Bertz CT molecular complexity index is 692. The second-order valence-electron chi connectivity index (χ2n) is 12.3. The summed E-state index contributed by atoms with van der Waals surface area (Å²) in [4.78, 5) is 29.7. The van der Waals surface area contributed by atoms with Crippen LogP contribution >= 0.6 is 0 Å². The third-order valence-corrected chi connectivity index (χ3v) is 9.64. The number of carbonyl (C=O) groups is 2. The van der Waals surface area contributed by atoms with Crippen LogP contribution in [0.3, 0.4) is 0 Å². The highest BCUT2D eigenvalue weighted by atomic mass is 16.2. The summed E-state index contributed by atoms with van der Waals surface area (Å²) in [5.41, 5.74) is 0.303. The van der Waals surface area contributed by atoms with Crippen LogP contribution in [0.4, 0.5) is 0 Å². The Kier molecular flexibility index (Phi) is 14.3. The normalized spacial score (nSPS) is 24.9. The number of hydrogen-bond acceptors (Lipinski definition) is 2. The number of hydrogen-bond donors (Lipinski definition) is 1. The molecule has 4 nitrogen and oxygen atoms in total. The van der Waals surface area contributed by atoms with Crippen molar-refractivity contribution in [3.05, 3.63) is 12.2 Å². The minimum absolute atomic E-state index is 0.0770. The van der Waals surface area contributed by atoms with Gasteiger partial charge >= 0.3 is 0 Å². The SMILES string of the molecule is CCCCCCNC(=O)C(CC(=O)N(CCCCCC)CCCCCC)C1CC2(CC)C=CC1(CC)C2. The zero-order valence-corrected chi connectivity index (χ0v) is 25.2. The molecular formula is C33H60N2O2. The third-order valence-electron chi connectivity index (χ3n) is 9.64. The van der Waals surface area contributed by atoms with Gasteiger partial charge in [0.25, 0.3) is 0 Å². The Morgan fingerprint density at radius 1 is 0.811 bits per heavy atom. The van der Waals surface area contributed by atoms with Gasteiger partial charge in [-0.15, -0.1) is 0 Å². The van der Waals surface area contributed by atoms with Crippen LogP contribution in [-0.2, 0) is 9.59 Å². The van der Waals surface area contributed by atoms with Gasteiger partial charge in [0.2, 0.25) is 11.8 Å². The van der Waals surface area contributed by atoms with E-state index in [1.54, 1.807) is 0 Å². The predicted molar refractivity (Wildman–Crippen MR) is 157 cm³/mol. The summed E-state index contributed by atoms with van der Waals surface area (Å²) in [5, 5.41) is 3.28. The first kappa shape index (κ1) is 31.9. The lowest BCUT2D eigenvalue weighted by molar-refractivity contribution is -0.138. The van der Waals surface area contributed by atoms with E-state index in [4.69, 9.17) is 0 Å². The van der Waals surface area contributed by atoms with Crippen molar-refractivity contribution in [3.63, 3.8) is 0 Å². The molecule has 4 unspecified atom stereocenters. The smallest absolute Gasteiger partial charge is 0.223 e. The molecular weight excluding hydrogens is 456 g/mol. The molecule has 2 rings (SSSR count). The van der Waals surface area contributed by atoms with Gasteiger partial charge in [-0.1, -0.05) is 105 Å². The molecule has 1 N–H and O–H groups in total. The van der Waals surface area contributed by atoms with Crippen molar-refractivity contribution in [3.8, 4) is 0 Å². The Morgan fingerprint density at radius 3 is 1.95 bits per heavy atom. The summed E-state index contributed by atoms with van der Waals surface area (Å²) >= 11 is 0. The molecule has 2 aliphatic carbocycles. The summed E-state index contributed by atoms with van der Waals surface area (Å²) in [7, 11) is 0. The van der Waals surface area contributed by atoms with E-state index < -0.39 is 0 Å². The fourth-order valence-corrected chi connectivity index (χ4v) is 7.04. The molecule has 0 aromatic rings. The van der Waals surface area contributed by atoms with E-state index in [9.17, 15) is 9.59 Å². The number of rotatable bonds is 21. The van der Waals surface area contributed by atoms with E-state index >= 15 is 0 Å². The topological polar surface area (TPSA) is 49.4 Å². The largest absolute Gasteiger partial charge is 0.356 e. The molecule has 1 fully saturated rings. The molecule has 1 saturated carbocycles. The Morgan fingerprint density at radius 2 is 1.41 bits per heavy atom. The minimum atomic E-state index is -0.217. The summed E-state index contributed by atoms with van der Waals surface area (Å²) in [6.07, 6.45) is 23.7. The second-order valence-corrected chi connectivity index (χ2v) is 12.3. The summed E-state index contributed by atoms with van der Waals surface area (Å²) in [6.45, 7) is 13.7. The Labute approximate surface area is 229 Å². The van der Waals surface area contributed by atoms with E-state index in [0.717, 1.165) is 71.0 Å². The molecule has 37 heavy (non-hydrogen) atoms. The third kappa shape index (κ3) is 9.13. The van der Waals surface area contributed by atoms with Crippen LogP contribution < -0.4 is 5.32 Å². The number of fused-ring (bicyclic) bond motifs is 2. The van der Waals surface area contributed by atoms with Crippen LogP contribution in [0.1, 0.15) is 144 Å². The first-order valence-corrected chi connectivity index (χ1v) is 16.2. The van der Waals surface area contributed by atoms with Gasteiger partial charge < -0.3 is 10.2 Å². The van der Waals surface area contributed by atoms with Gasteiger partial charge in [-0.25, -0.2) is 0 Å².